The quantitative estimate of drug-likeness (QED) is 0.579. The molecule has 25 heavy (non-hydrogen) atoms. The minimum Gasteiger partial charge on any atom is -0.495 e. The lowest BCUT2D eigenvalue weighted by atomic mass is 9.89. The van der Waals surface area contributed by atoms with E-state index in [9.17, 15) is 14.4 Å². The van der Waals surface area contributed by atoms with Crippen LogP contribution in [0.2, 0.25) is 0 Å². The van der Waals surface area contributed by atoms with Crippen molar-refractivity contribution in [2.75, 3.05) is 18.6 Å². The van der Waals surface area contributed by atoms with Crippen molar-refractivity contribution in [3.8, 4) is 5.75 Å². The van der Waals surface area contributed by atoms with E-state index in [1.807, 2.05) is 0 Å². The van der Waals surface area contributed by atoms with E-state index in [0.717, 1.165) is 12.8 Å². The number of hydrogen-bond acceptors (Lipinski definition) is 4. The summed E-state index contributed by atoms with van der Waals surface area (Å²) in [6.07, 6.45) is 6.33. The molecule has 1 aromatic rings. The summed E-state index contributed by atoms with van der Waals surface area (Å²) >= 11 is 0. The van der Waals surface area contributed by atoms with Crippen LogP contribution in [-0.4, -0.2) is 37.8 Å². The molecule has 1 saturated carbocycles. The van der Waals surface area contributed by atoms with Crippen molar-refractivity contribution in [2.45, 2.75) is 45.1 Å². The Bertz CT molecular complexity index is 611. The second-order valence-electron chi connectivity index (χ2n) is 6.44. The molecular weight excluding hydrogens is 320 g/mol. The minimum atomic E-state index is -0.903. The number of methoxy groups -OCH3 is 1. The highest BCUT2D eigenvalue weighted by Gasteiger charge is 2.29. The molecule has 136 valence electrons. The van der Waals surface area contributed by atoms with Gasteiger partial charge in [0.2, 0.25) is 12.2 Å². The van der Waals surface area contributed by atoms with E-state index >= 15 is 0 Å². The van der Waals surface area contributed by atoms with Gasteiger partial charge < -0.3 is 15.0 Å². The number of ether oxygens (including phenoxy) is 1. The maximum absolute atomic E-state index is 12.4. The number of rotatable bonds is 8. The molecule has 1 atom stereocenters. The molecule has 2 rings (SSSR count). The first-order valence-electron chi connectivity index (χ1n) is 8.77. The van der Waals surface area contributed by atoms with Gasteiger partial charge in [0.15, 0.2) is 0 Å². The largest absolute Gasteiger partial charge is 0.495 e. The molecule has 1 aliphatic carbocycles. The summed E-state index contributed by atoms with van der Waals surface area (Å²) in [7, 11) is 1.49. The fraction of sp³-hybridized carbons (Fsp3) is 0.526. The first-order valence-corrected chi connectivity index (χ1v) is 8.77. The molecule has 0 saturated heterocycles. The third kappa shape index (κ3) is 4.81. The van der Waals surface area contributed by atoms with Crippen LogP contribution in [0.5, 0.6) is 5.75 Å². The van der Waals surface area contributed by atoms with Crippen LogP contribution >= 0.6 is 0 Å². The highest BCUT2D eigenvalue weighted by atomic mass is 16.5. The highest BCUT2D eigenvalue weighted by Crippen LogP contribution is 2.28. The van der Waals surface area contributed by atoms with Gasteiger partial charge in [0.05, 0.1) is 12.8 Å². The van der Waals surface area contributed by atoms with E-state index in [1.54, 1.807) is 31.2 Å². The molecule has 1 aliphatic rings. The molecule has 0 radical (unpaired) electrons. The Morgan fingerprint density at radius 3 is 2.60 bits per heavy atom. The maximum Gasteiger partial charge on any atom is 0.289 e. The van der Waals surface area contributed by atoms with Gasteiger partial charge in [-0.15, -0.1) is 0 Å². The van der Waals surface area contributed by atoms with Gasteiger partial charge in [-0.3, -0.25) is 14.4 Å². The zero-order chi connectivity index (χ0) is 18.2. The normalized spacial score (nSPS) is 15.9. The minimum absolute atomic E-state index is 0.442. The summed E-state index contributed by atoms with van der Waals surface area (Å²) in [6.45, 7) is 2.07. The molecule has 0 bridgehead atoms. The smallest absolute Gasteiger partial charge is 0.289 e. The summed E-state index contributed by atoms with van der Waals surface area (Å²) in [4.78, 5) is 37.4. The highest BCUT2D eigenvalue weighted by molar-refractivity contribution is 6.39. The van der Waals surface area contributed by atoms with E-state index in [0.29, 0.717) is 30.3 Å². The van der Waals surface area contributed by atoms with Crippen molar-refractivity contribution >= 4 is 23.8 Å². The van der Waals surface area contributed by atoms with Crippen LogP contribution in [0.4, 0.5) is 5.69 Å². The van der Waals surface area contributed by atoms with Crippen LogP contribution < -0.4 is 15.0 Å². The second-order valence-corrected chi connectivity index (χ2v) is 6.44. The average molecular weight is 346 g/mol. The molecule has 0 aliphatic heterocycles. The standard InChI is InChI=1S/C19H26N2O4/c1-14(21(13-22)16-10-6-7-11-17(16)25-2)18(23)19(24)20-12-15-8-4-3-5-9-15/h6-7,10-11,13-15H,3-5,8-9,12H2,1-2H3,(H,20,24). The first kappa shape index (κ1) is 19.0. The van der Waals surface area contributed by atoms with Gasteiger partial charge in [-0.2, -0.15) is 0 Å². The number of carbonyl (C=O) groups is 3. The number of nitrogens with zero attached hydrogens (tertiary/aromatic N) is 1. The first-order chi connectivity index (χ1) is 12.1. The Hall–Kier alpha value is -2.37. The van der Waals surface area contributed by atoms with Gasteiger partial charge in [-0.1, -0.05) is 31.4 Å². The topological polar surface area (TPSA) is 75.7 Å². The molecule has 0 heterocycles. The molecule has 1 N–H and O–H groups in total. The van der Waals surface area contributed by atoms with Gasteiger partial charge in [-0.05, 0) is 37.8 Å². The lowest BCUT2D eigenvalue weighted by molar-refractivity contribution is -0.138. The fourth-order valence-corrected chi connectivity index (χ4v) is 3.23. The predicted octanol–water partition coefficient (Wildman–Crippen LogP) is 2.31. The lowest BCUT2D eigenvalue weighted by Gasteiger charge is -2.26. The second kappa shape index (κ2) is 9.20. The number of nitrogens with one attached hydrogen (secondary N) is 1. The summed E-state index contributed by atoms with van der Waals surface area (Å²) < 4.78 is 5.23. The zero-order valence-electron chi connectivity index (χ0n) is 14.9. The zero-order valence-corrected chi connectivity index (χ0v) is 14.9. The summed E-state index contributed by atoms with van der Waals surface area (Å²) in [5.41, 5.74) is 0.459. The van der Waals surface area contributed by atoms with Crippen molar-refractivity contribution in [1.82, 2.24) is 5.32 Å². The fourth-order valence-electron chi connectivity index (χ4n) is 3.23. The Morgan fingerprint density at radius 1 is 1.28 bits per heavy atom. The van der Waals surface area contributed by atoms with Crippen molar-refractivity contribution in [2.24, 2.45) is 5.92 Å². The van der Waals surface area contributed by atoms with Crippen LogP contribution in [0.25, 0.3) is 0 Å². The number of hydrogen-bond donors (Lipinski definition) is 1. The number of carbonyl (C=O) groups excluding carboxylic acids is 3. The van der Waals surface area contributed by atoms with Crippen LogP contribution in [0.15, 0.2) is 24.3 Å². The number of benzene rings is 1. The summed E-state index contributed by atoms with van der Waals surface area (Å²) in [6, 6.07) is 5.99. The number of ketones is 1. The molecular formula is C19H26N2O4. The Morgan fingerprint density at radius 2 is 1.96 bits per heavy atom. The van der Waals surface area contributed by atoms with Gasteiger partial charge >= 0.3 is 0 Å². The Kier molecular flexibility index (Phi) is 6.98. The van der Waals surface area contributed by atoms with Crippen LogP contribution in [0, 0.1) is 5.92 Å². The van der Waals surface area contributed by atoms with E-state index in [-0.39, 0.29) is 0 Å². The molecule has 6 nitrogen and oxygen atoms in total. The van der Waals surface area contributed by atoms with E-state index in [4.69, 9.17) is 4.74 Å². The van der Waals surface area contributed by atoms with Crippen LogP contribution in [0.3, 0.4) is 0 Å². The van der Waals surface area contributed by atoms with Gasteiger partial charge in [0.1, 0.15) is 11.8 Å². The van der Waals surface area contributed by atoms with Gasteiger partial charge in [0, 0.05) is 6.54 Å². The number of amides is 2. The van der Waals surface area contributed by atoms with E-state index in [2.05, 4.69) is 5.32 Å². The molecule has 1 fully saturated rings. The molecule has 1 unspecified atom stereocenters. The number of Topliss-reactive ketones (excluding diaryl/α,β-unsaturated/α-hetero) is 1. The Labute approximate surface area is 148 Å². The Balaban J connectivity index is 2.00. The third-order valence-electron chi connectivity index (χ3n) is 4.77. The van der Waals surface area contributed by atoms with Gasteiger partial charge in [0.25, 0.3) is 5.91 Å². The maximum atomic E-state index is 12.4. The lowest BCUT2D eigenvalue weighted by Crippen LogP contribution is -2.46. The average Bonchev–Trinajstić information content (AvgIpc) is 2.67. The van der Waals surface area contributed by atoms with Crippen LogP contribution in [0.1, 0.15) is 39.0 Å². The molecule has 0 spiro atoms. The van der Waals surface area contributed by atoms with Crippen molar-refractivity contribution in [3.63, 3.8) is 0 Å². The van der Waals surface area contributed by atoms with Crippen LogP contribution in [-0.2, 0) is 14.4 Å². The number of para-hydroxylation sites is 2. The SMILES string of the molecule is COc1ccccc1N(C=O)C(C)C(=O)C(=O)NCC1CCCCC1. The molecule has 0 aromatic heterocycles. The predicted molar refractivity (Wildman–Crippen MR) is 95.6 cm³/mol. The van der Waals surface area contributed by atoms with Crippen molar-refractivity contribution < 1.29 is 19.1 Å². The number of anilines is 1. The van der Waals surface area contributed by atoms with E-state index < -0.39 is 17.7 Å². The molecule has 1 aromatic carbocycles. The molecule has 6 heteroatoms. The van der Waals surface area contributed by atoms with Gasteiger partial charge in [-0.25, -0.2) is 0 Å². The van der Waals surface area contributed by atoms with Crippen molar-refractivity contribution in [3.05, 3.63) is 24.3 Å². The monoisotopic (exact) mass is 346 g/mol. The summed E-state index contributed by atoms with van der Waals surface area (Å²) in [5, 5.41) is 2.73. The summed E-state index contributed by atoms with van der Waals surface area (Å²) in [5.74, 6) is -0.359. The van der Waals surface area contributed by atoms with Crippen molar-refractivity contribution in [1.29, 1.82) is 0 Å². The molecule has 2 amide bonds. The third-order valence-corrected chi connectivity index (χ3v) is 4.77. The van der Waals surface area contributed by atoms with E-state index in [1.165, 1.54) is 31.3 Å².